The first-order valence-electron chi connectivity index (χ1n) is 13.6. The van der Waals surface area contributed by atoms with Crippen LogP contribution in [0.1, 0.15) is 79.7 Å². The lowest BCUT2D eigenvalue weighted by Crippen LogP contribution is -2.57. The Morgan fingerprint density at radius 2 is 1.86 bits per heavy atom. The minimum absolute atomic E-state index is 0.234. The van der Waals surface area contributed by atoms with Crippen LogP contribution in [0.25, 0.3) is 10.9 Å². The standard InChI is InChI=1S/C29H47N5OS/c1-9-11-12-21(4)31-26-22(5)24-19-23(13-14-25(24)32-27(26)30)33-15-17-34(18-16-33)29(8,36)35-28(6,7)20(3)10-2/h13-14,19-20,36H,9-12,15-18H2,1-8H3,(H2,30,32)/t20-,29?/m0/s1. The van der Waals surface area contributed by atoms with E-state index in [0.29, 0.717) is 11.7 Å². The number of hydrogen-bond donors (Lipinski definition) is 2. The van der Waals surface area contributed by atoms with E-state index in [1.165, 1.54) is 5.69 Å². The average Bonchev–Trinajstić information content (AvgIpc) is 2.84. The summed E-state index contributed by atoms with van der Waals surface area (Å²) in [7, 11) is 0. The molecule has 2 N–H and O–H groups in total. The van der Waals surface area contributed by atoms with Crippen molar-refractivity contribution in [2.24, 2.45) is 10.9 Å². The number of nitrogens with two attached hydrogens (primary N) is 1. The highest BCUT2D eigenvalue weighted by Gasteiger charge is 2.39. The van der Waals surface area contributed by atoms with Gasteiger partial charge in [0, 0.05) is 43.0 Å². The van der Waals surface area contributed by atoms with E-state index in [-0.39, 0.29) is 5.60 Å². The number of aryl methyl sites for hydroxylation is 1. The van der Waals surface area contributed by atoms with Gasteiger partial charge in [-0.2, -0.15) is 0 Å². The maximum atomic E-state index is 6.55. The summed E-state index contributed by atoms with van der Waals surface area (Å²) in [4.78, 5) is 14.3. The monoisotopic (exact) mass is 513 g/mol. The lowest BCUT2D eigenvalue weighted by molar-refractivity contribution is -0.173. The van der Waals surface area contributed by atoms with Crippen LogP contribution in [0, 0.1) is 12.8 Å². The number of thiol groups is 1. The molecule has 0 aliphatic carbocycles. The van der Waals surface area contributed by atoms with Crippen LogP contribution in [0.2, 0.25) is 0 Å². The van der Waals surface area contributed by atoms with Crippen molar-refractivity contribution in [3.05, 3.63) is 23.8 Å². The smallest absolute Gasteiger partial charge is 0.164 e. The number of pyridine rings is 1. The third kappa shape index (κ3) is 6.53. The van der Waals surface area contributed by atoms with Gasteiger partial charge in [-0.05, 0) is 77.1 Å². The van der Waals surface area contributed by atoms with E-state index < -0.39 is 5.06 Å². The van der Waals surface area contributed by atoms with Gasteiger partial charge in [-0.25, -0.2) is 4.98 Å². The maximum Gasteiger partial charge on any atom is 0.164 e. The zero-order valence-electron chi connectivity index (χ0n) is 23.7. The number of fused-ring (bicyclic) bond motifs is 1. The Balaban J connectivity index is 1.77. The van der Waals surface area contributed by atoms with Crippen molar-refractivity contribution in [1.82, 2.24) is 9.88 Å². The molecule has 1 saturated heterocycles. The topological polar surface area (TPSA) is 67.0 Å². The van der Waals surface area contributed by atoms with E-state index >= 15 is 0 Å². The molecule has 1 aliphatic heterocycles. The van der Waals surface area contributed by atoms with E-state index in [0.717, 1.165) is 79.7 Å². The number of unbranched alkanes of at least 4 members (excludes halogenated alkanes) is 1. The highest BCUT2D eigenvalue weighted by atomic mass is 32.1. The van der Waals surface area contributed by atoms with Crippen molar-refractivity contribution in [3.8, 4) is 0 Å². The number of hydrogen-bond acceptors (Lipinski definition) is 7. The molecule has 200 valence electrons. The first kappa shape index (κ1) is 28.7. The molecule has 0 radical (unpaired) electrons. The van der Waals surface area contributed by atoms with Gasteiger partial charge in [-0.3, -0.25) is 9.89 Å². The third-order valence-electron chi connectivity index (χ3n) is 7.90. The summed E-state index contributed by atoms with van der Waals surface area (Å²) in [5.74, 6) is 0.962. The van der Waals surface area contributed by atoms with Gasteiger partial charge < -0.3 is 15.4 Å². The predicted molar refractivity (Wildman–Crippen MR) is 159 cm³/mol. The molecular weight excluding hydrogens is 466 g/mol. The van der Waals surface area contributed by atoms with E-state index in [1.54, 1.807) is 0 Å². The van der Waals surface area contributed by atoms with Crippen molar-refractivity contribution in [3.63, 3.8) is 0 Å². The van der Waals surface area contributed by atoms with E-state index in [9.17, 15) is 0 Å². The van der Waals surface area contributed by atoms with Crippen molar-refractivity contribution in [2.45, 2.75) is 91.7 Å². The average molecular weight is 514 g/mol. The van der Waals surface area contributed by atoms with Crippen LogP contribution in [-0.4, -0.2) is 52.4 Å². The zero-order chi connectivity index (χ0) is 26.7. The Kier molecular flexibility index (Phi) is 9.34. The quantitative estimate of drug-likeness (QED) is 0.204. The zero-order valence-corrected chi connectivity index (χ0v) is 24.6. The second kappa shape index (κ2) is 11.7. The number of anilines is 2. The SMILES string of the molecule is CCCCC(C)=Nc1c(N)nc2ccc(N3CCN(C(C)(S)OC(C)(C)[C@@H](C)CC)CC3)cc2c1C. The highest BCUT2D eigenvalue weighted by molar-refractivity contribution is 7.81. The molecule has 2 heterocycles. The Bertz CT molecular complexity index is 1070. The van der Waals surface area contributed by atoms with Gasteiger partial charge in [-0.1, -0.05) is 33.6 Å². The largest absolute Gasteiger partial charge is 0.382 e. The van der Waals surface area contributed by atoms with Crippen LogP contribution in [0.3, 0.4) is 0 Å². The summed E-state index contributed by atoms with van der Waals surface area (Å²) in [6, 6.07) is 6.48. The molecular formula is C29H47N5OS. The maximum absolute atomic E-state index is 6.55. The van der Waals surface area contributed by atoms with Gasteiger partial charge in [0.2, 0.25) is 0 Å². The Morgan fingerprint density at radius 3 is 2.47 bits per heavy atom. The number of rotatable bonds is 10. The van der Waals surface area contributed by atoms with Gasteiger partial charge in [0.25, 0.3) is 0 Å². The normalized spacial score (nSPS) is 18.5. The van der Waals surface area contributed by atoms with Gasteiger partial charge in [0.05, 0.1) is 11.1 Å². The fraction of sp³-hybridized carbons (Fsp3) is 0.655. The molecule has 1 fully saturated rings. The van der Waals surface area contributed by atoms with Crippen molar-refractivity contribution in [2.75, 3.05) is 36.8 Å². The summed E-state index contributed by atoms with van der Waals surface area (Å²) in [5.41, 5.74) is 11.2. The lowest BCUT2D eigenvalue weighted by Gasteiger charge is -2.47. The molecule has 1 aromatic carbocycles. The van der Waals surface area contributed by atoms with Crippen LogP contribution in [0.15, 0.2) is 23.2 Å². The molecule has 1 aliphatic rings. The Hall–Kier alpha value is -1.83. The molecule has 6 nitrogen and oxygen atoms in total. The molecule has 0 bridgehead atoms. The van der Waals surface area contributed by atoms with Crippen LogP contribution in [0.5, 0.6) is 0 Å². The third-order valence-corrected chi connectivity index (χ3v) is 8.28. The second-order valence-corrected chi connectivity index (χ2v) is 11.9. The van der Waals surface area contributed by atoms with Crippen molar-refractivity contribution >= 4 is 46.4 Å². The van der Waals surface area contributed by atoms with E-state index in [4.69, 9.17) is 28.1 Å². The first-order valence-corrected chi connectivity index (χ1v) is 14.0. The predicted octanol–water partition coefficient (Wildman–Crippen LogP) is 6.97. The van der Waals surface area contributed by atoms with Crippen molar-refractivity contribution < 1.29 is 4.74 Å². The summed E-state index contributed by atoms with van der Waals surface area (Å²) >= 11 is 4.96. The Morgan fingerprint density at radius 1 is 1.19 bits per heavy atom. The van der Waals surface area contributed by atoms with Gasteiger partial charge in [-0.15, -0.1) is 12.6 Å². The lowest BCUT2D eigenvalue weighted by atomic mass is 9.90. The van der Waals surface area contributed by atoms with Crippen LogP contribution in [-0.2, 0) is 4.74 Å². The number of benzene rings is 1. The summed E-state index contributed by atoms with van der Waals surface area (Å²) in [6.45, 7) is 20.9. The Labute approximate surface area is 224 Å². The molecule has 0 saturated carbocycles. The molecule has 2 aromatic rings. The molecule has 0 amide bonds. The van der Waals surface area contributed by atoms with Crippen LogP contribution in [0.4, 0.5) is 17.2 Å². The van der Waals surface area contributed by atoms with Gasteiger partial charge in [0.15, 0.2) is 5.06 Å². The summed E-state index contributed by atoms with van der Waals surface area (Å²) in [5, 5.41) is 0.507. The fourth-order valence-corrected chi connectivity index (χ4v) is 5.41. The number of nitrogen functional groups attached to an aromatic ring is 1. The minimum atomic E-state index is -0.608. The van der Waals surface area contributed by atoms with Gasteiger partial charge >= 0.3 is 0 Å². The number of ether oxygens (including phenoxy) is 1. The second-order valence-electron chi connectivity index (χ2n) is 11.0. The number of piperazine rings is 1. The van der Waals surface area contributed by atoms with E-state index in [1.807, 2.05) is 0 Å². The van der Waals surface area contributed by atoms with Crippen LogP contribution < -0.4 is 10.6 Å². The molecule has 36 heavy (non-hydrogen) atoms. The summed E-state index contributed by atoms with van der Waals surface area (Å²) in [6.07, 6.45) is 4.36. The number of aromatic nitrogens is 1. The molecule has 2 atom stereocenters. The number of aliphatic imine (C=N–C) groups is 1. The van der Waals surface area contributed by atoms with Crippen LogP contribution >= 0.6 is 12.6 Å². The first-order chi connectivity index (χ1) is 16.9. The highest BCUT2D eigenvalue weighted by Crippen LogP contribution is 2.36. The van der Waals surface area contributed by atoms with Gasteiger partial charge in [0.1, 0.15) is 11.5 Å². The van der Waals surface area contributed by atoms with Crippen molar-refractivity contribution in [1.29, 1.82) is 0 Å². The molecule has 0 spiro atoms. The molecule has 1 unspecified atom stereocenters. The fourth-order valence-electron chi connectivity index (χ4n) is 4.98. The van der Waals surface area contributed by atoms with E-state index in [2.05, 4.69) is 88.4 Å². The summed E-state index contributed by atoms with van der Waals surface area (Å²) < 4.78 is 6.55. The molecule has 1 aromatic heterocycles. The minimum Gasteiger partial charge on any atom is -0.382 e. The molecule has 7 heteroatoms. The number of nitrogens with zero attached hydrogens (tertiary/aromatic N) is 4. The molecule has 3 rings (SSSR count).